The first kappa shape index (κ1) is 21.3. The number of nitrogens with zero attached hydrogens (tertiary/aromatic N) is 2. The predicted octanol–water partition coefficient (Wildman–Crippen LogP) is 2.47. The Bertz CT molecular complexity index is 983. The molecule has 2 aromatic carbocycles. The van der Waals surface area contributed by atoms with Crippen LogP contribution in [0.25, 0.3) is 0 Å². The molecular weight excluding hydrogens is 416 g/mol. The van der Waals surface area contributed by atoms with Gasteiger partial charge in [0.05, 0.1) is 19.2 Å². The zero-order chi connectivity index (χ0) is 21.8. The number of carbonyl (C=O) groups is 3. The summed E-state index contributed by atoms with van der Waals surface area (Å²) in [5.41, 5.74) is 0.659. The molecular formula is C20H17F2N3O4S. The number of halogens is 2. The summed E-state index contributed by atoms with van der Waals surface area (Å²) in [6.07, 6.45) is -0.314. The molecule has 3 rings (SSSR count). The molecule has 2 aromatic rings. The lowest BCUT2D eigenvalue weighted by Gasteiger charge is -2.22. The smallest absolute Gasteiger partial charge is 0.325 e. The summed E-state index contributed by atoms with van der Waals surface area (Å²) in [4.78, 5) is 39.8. The van der Waals surface area contributed by atoms with E-state index >= 15 is 0 Å². The average molecular weight is 433 g/mol. The number of rotatable bonds is 6. The van der Waals surface area contributed by atoms with Crippen LogP contribution in [0.3, 0.4) is 0 Å². The van der Waals surface area contributed by atoms with Crippen LogP contribution in [0, 0.1) is 11.6 Å². The van der Waals surface area contributed by atoms with Crippen molar-refractivity contribution in [2.45, 2.75) is 12.5 Å². The molecule has 0 aromatic heterocycles. The molecule has 30 heavy (non-hydrogen) atoms. The topological polar surface area (TPSA) is 79.0 Å². The lowest BCUT2D eigenvalue weighted by molar-refractivity contribution is -0.141. The Morgan fingerprint density at radius 2 is 1.63 bits per heavy atom. The van der Waals surface area contributed by atoms with Gasteiger partial charge in [-0.25, -0.2) is 8.78 Å². The van der Waals surface area contributed by atoms with Gasteiger partial charge in [-0.15, -0.1) is 0 Å². The molecule has 0 bridgehead atoms. The van der Waals surface area contributed by atoms with Crippen LogP contribution in [-0.4, -0.2) is 47.5 Å². The number of thiocarbonyl (C=S) groups is 1. The van der Waals surface area contributed by atoms with Gasteiger partial charge < -0.3 is 15.0 Å². The maximum absolute atomic E-state index is 13.3. The number of methoxy groups -OCH3 is 1. The van der Waals surface area contributed by atoms with Crippen LogP contribution in [0.2, 0.25) is 0 Å². The highest BCUT2D eigenvalue weighted by Crippen LogP contribution is 2.27. The lowest BCUT2D eigenvalue weighted by atomic mass is 10.1. The second-order valence-electron chi connectivity index (χ2n) is 6.41. The van der Waals surface area contributed by atoms with Gasteiger partial charge in [-0.3, -0.25) is 19.3 Å². The Balaban J connectivity index is 1.83. The van der Waals surface area contributed by atoms with E-state index in [1.54, 1.807) is 0 Å². The Hall–Kier alpha value is -3.40. The molecule has 1 atom stereocenters. The molecule has 2 amide bonds. The molecule has 1 fully saturated rings. The van der Waals surface area contributed by atoms with Crippen LogP contribution in [0.1, 0.15) is 6.42 Å². The fraction of sp³-hybridized carbons (Fsp3) is 0.200. The van der Waals surface area contributed by atoms with Crippen molar-refractivity contribution in [1.29, 1.82) is 0 Å². The number of nitrogens with one attached hydrogen (secondary N) is 1. The Morgan fingerprint density at radius 3 is 2.20 bits per heavy atom. The van der Waals surface area contributed by atoms with Gasteiger partial charge in [0.25, 0.3) is 5.91 Å². The Morgan fingerprint density at radius 1 is 1.07 bits per heavy atom. The van der Waals surface area contributed by atoms with E-state index in [1.807, 2.05) is 0 Å². The standard InChI is InChI=1S/C20H17F2N3O4S/c1-29-18(27)11-24-16(10-17(26)23-14-6-2-12(21)3-7-14)19(28)25(20(24)30)15-8-4-13(22)5-9-15/h2-9,16H,10-11H2,1H3,(H,23,26)/t16-/m1/s1. The minimum atomic E-state index is -1.07. The number of hydrogen-bond acceptors (Lipinski definition) is 5. The monoisotopic (exact) mass is 433 g/mol. The zero-order valence-electron chi connectivity index (χ0n) is 15.8. The van der Waals surface area contributed by atoms with Crippen LogP contribution in [0.15, 0.2) is 48.5 Å². The molecule has 156 valence electrons. The summed E-state index contributed by atoms with van der Waals surface area (Å²) in [7, 11) is 1.19. The molecule has 1 N–H and O–H groups in total. The molecule has 0 unspecified atom stereocenters. The summed E-state index contributed by atoms with van der Waals surface area (Å²) in [5.74, 6) is -2.65. The van der Waals surface area contributed by atoms with Gasteiger partial charge in [-0.2, -0.15) is 0 Å². The van der Waals surface area contributed by atoms with Crippen molar-refractivity contribution >= 4 is 46.5 Å². The highest BCUT2D eigenvalue weighted by atomic mass is 32.1. The first-order chi connectivity index (χ1) is 14.3. The van der Waals surface area contributed by atoms with Crippen molar-refractivity contribution in [1.82, 2.24) is 4.90 Å². The largest absolute Gasteiger partial charge is 0.468 e. The number of anilines is 2. The normalized spacial score (nSPS) is 16.0. The highest BCUT2D eigenvalue weighted by Gasteiger charge is 2.45. The van der Waals surface area contributed by atoms with E-state index in [9.17, 15) is 23.2 Å². The molecule has 1 aliphatic heterocycles. The first-order valence-electron chi connectivity index (χ1n) is 8.82. The van der Waals surface area contributed by atoms with Gasteiger partial charge in [0.15, 0.2) is 5.11 Å². The van der Waals surface area contributed by atoms with Gasteiger partial charge in [-0.1, -0.05) is 0 Å². The van der Waals surface area contributed by atoms with E-state index in [0.717, 1.165) is 4.90 Å². The number of carbonyl (C=O) groups excluding carboxylic acids is 3. The third-order valence-electron chi connectivity index (χ3n) is 4.44. The first-order valence-corrected chi connectivity index (χ1v) is 9.23. The van der Waals surface area contributed by atoms with E-state index in [-0.39, 0.29) is 18.1 Å². The van der Waals surface area contributed by atoms with Crippen molar-refractivity contribution in [2.75, 3.05) is 23.9 Å². The third-order valence-corrected chi connectivity index (χ3v) is 4.85. The molecule has 0 spiro atoms. The SMILES string of the molecule is COC(=O)CN1C(=S)N(c2ccc(F)cc2)C(=O)[C@H]1CC(=O)Nc1ccc(F)cc1. The van der Waals surface area contributed by atoms with Crippen LogP contribution in [-0.2, 0) is 19.1 Å². The van der Waals surface area contributed by atoms with Gasteiger partial charge in [-0.05, 0) is 60.7 Å². The van der Waals surface area contributed by atoms with Gasteiger partial charge in [0.2, 0.25) is 5.91 Å². The van der Waals surface area contributed by atoms with Crippen LogP contribution in [0.5, 0.6) is 0 Å². The Labute approximate surface area is 176 Å². The maximum atomic E-state index is 13.3. The predicted molar refractivity (Wildman–Crippen MR) is 109 cm³/mol. The van der Waals surface area contributed by atoms with Gasteiger partial charge >= 0.3 is 5.97 Å². The molecule has 0 radical (unpaired) electrons. The van der Waals surface area contributed by atoms with E-state index in [2.05, 4.69) is 10.1 Å². The fourth-order valence-electron chi connectivity index (χ4n) is 2.97. The molecule has 1 aliphatic rings. The van der Waals surface area contributed by atoms with Crippen molar-refractivity contribution in [2.24, 2.45) is 0 Å². The highest BCUT2D eigenvalue weighted by molar-refractivity contribution is 7.80. The van der Waals surface area contributed by atoms with Crippen molar-refractivity contribution in [3.8, 4) is 0 Å². The molecule has 7 nitrogen and oxygen atoms in total. The number of benzene rings is 2. The van der Waals surface area contributed by atoms with Crippen molar-refractivity contribution in [3.05, 3.63) is 60.2 Å². The van der Waals surface area contributed by atoms with E-state index in [0.29, 0.717) is 11.4 Å². The van der Waals surface area contributed by atoms with Gasteiger partial charge in [0.1, 0.15) is 24.2 Å². The minimum Gasteiger partial charge on any atom is -0.468 e. The van der Waals surface area contributed by atoms with E-state index in [4.69, 9.17) is 12.2 Å². The summed E-state index contributed by atoms with van der Waals surface area (Å²) in [6, 6.07) is 9.15. The van der Waals surface area contributed by atoms with Crippen LogP contribution >= 0.6 is 12.2 Å². The van der Waals surface area contributed by atoms with Crippen LogP contribution in [0.4, 0.5) is 20.2 Å². The molecule has 1 saturated heterocycles. The summed E-state index contributed by atoms with van der Waals surface area (Å²) < 4.78 is 30.9. The molecule has 0 saturated carbocycles. The summed E-state index contributed by atoms with van der Waals surface area (Å²) >= 11 is 5.35. The maximum Gasteiger partial charge on any atom is 0.325 e. The van der Waals surface area contributed by atoms with E-state index < -0.39 is 35.5 Å². The number of ether oxygens (including phenoxy) is 1. The quantitative estimate of drug-likeness (QED) is 0.557. The van der Waals surface area contributed by atoms with Crippen molar-refractivity contribution < 1.29 is 27.9 Å². The summed E-state index contributed by atoms with van der Waals surface area (Å²) in [6.45, 7) is -0.340. The number of hydrogen-bond donors (Lipinski definition) is 1. The number of amides is 2. The zero-order valence-corrected chi connectivity index (χ0v) is 16.6. The molecule has 1 heterocycles. The lowest BCUT2D eigenvalue weighted by Crippen LogP contribution is -2.41. The fourth-order valence-corrected chi connectivity index (χ4v) is 3.35. The van der Waals surface area contributed by atoms with Crippen LogP contribution < -0.4 is 10.2 Å². The second-order valence-corrected chi connectivity index (χ2v) is 6.78. The van der Waals surface area contributed by atoms with Gasteiger partial charge in [0, 0.05) is 5.69 Å². The Kier molecular flexibility index (Phi) is 6.36. The third kappa shape index (κ3) is 4.60. The van der Waals surface area contributed by atoms with E-state index in [1.165, 1.54) is 60.5 Å². The minimum absolute atomic E-state index is 0.00316. The molecule has 0 aliphatic carbocycles. The number of esters is 1. The average Bonchev–Trinajstić information content (AvgIpc) is 2.94. The molecule has 10 heteroatoms. The summed E-state index contributed by atoms with van der Waals surface area (Å²) in [5, 5.41) is 2.57. The second kappa shape index (κ2) is 8.95. The van der Waals surface area contributed by atoms with Crippen molar-refractivity contribution in [3.63, 3.8) is 0 Å².